The number of rotatable bonds is 5. The van der Waals surface area contributed by atoms with Crippen molar-refractivity contribution in [3.63, 3.8) is 0 Å². The van der Waals surface area contributed by atoms with Crippen LogP contribution in [0.5, 0.6) is 0 Å². The average Bonchev–Trinajstić information content (AvgIpc) is 2.89. The third-order valence-electron chi connectivity index (χ3n) is 3.93. The lowest BCUT2D eigenvalue weighted by Crippen LogP contribution is -2.31. The molecule has 0 spiro atoms. The van der Waals surface area contributed by atoms with Crippen LogP contribution >= 0.6 is 0 Å². The fourth-order valence-electron chi connectivity index (χ4n) is 2.75. The minimum Gasteiger partial charge on any atom is -0.342 e. The van der Waals surface area contributed by atoms with E-state index in [1.807, 2.05) is 4.90 Å². The summed E-state index contributed by atoms with van der Waals surface area (Å²) in [5.41, 5.74) is 0.172. The lowest BCUT2D eigenvalue weighted by molar-refractivity contribution is -0.128. The van der Waals surface area contributed by atoms with Gasteiger partial charge in [0, 0.05) is 31.3 Å². The Balaban J connectivity index is 1.87. The molecule has 1 saturated carbocycles. The highest BCUT2D eigenvalue weighted by Crippen LogP contribution is 2.49. The predicted octanol–water partition coefficient (Wildman–Crippen LogP) is 2.33. The molecule has 1 aliphatic carbocycles. The largest absolute Gasteiger partial charge is 0.342 e. The summed E-state index contributed by atoms with van der Waals surface area (Å²) in [5, 5.41) is 8.76. The number of likely N-dealkylation sites (tertiary alicyclic amines) is 1. The fraction of sp³-hybridized carbons (Fsp3) is 0.846. The van der Waals surface area contributed by atoms with E-state index in [-0.39, 0.29) is 5.41 Å². The Morgan fingerprint density at radius 3 is 2.88 bits per heavy atom. The van der Waals surface area contributed by atoms with Crippen LogP contribution < -0.4 is 0 Å². The van der Waals surface area contributed by atoms with Crippen LogP contribution in [0.1, 0.15) is 45.4 Å². The molecular weight excluding hydrogens is 200 g/mol. The van der Waals surface area contributed by atoms with Crippen molar-refractivity contribution in [2.24, 2.45) is 11.3 Å². The van der Waals surface area contributed by atoms with Crippen molar-refractivity contribution in [3.05, 3.63) is 0 Å². The van der Waals surface area contributed by atoms with Crippen molar-refractivity contribution in [1.29, 1.82) is 5.26 Å². The zero-order chi connectivity index (χ0) is 11.6. The quantitative estimate of drug-likeness (QED) is 0.713. The van der Waals surface area contributed by atoms with Crippen LogP contribution in [0.2, 0.25) is 0 Å². The standard InChI is InChI=1S/C13H20N2O/c1-2-3-11-8-12(16)15(9-11)10-13(4-5-13)6-7-14/h11H,2-6,8-10H2,1H3. The third-order valence-corrected chi connectivity index (χ3v) is 3.93. The van der Waals surface area contributed by atoms with Gasteiger partial charge in [0.15, 0.2) is 0 Å². The molecule has 2 fully saturated rings. The van der Waals surface area contributed by atoms with Crippen LogP contribution in [0, 0.1) is 22.7 Å². The van der Waals surface area contributed by atoms with Crippen molar-refractivity contribution in [2.45, 2.75) is 45.4 Å². The Morgan fingerprint density at radius 1 is 1.56 bits per heavy atom. The second kappa shape index (κ2) is 4.45. The van der Waals surface area contributed by atoms with E-state index in [1.165, 1.54) is 0 Å². The SMILES string of the molecule is CCCC1CC(=O)N(CC2(CC#N)CC2)C1. The zero-order valence-corrected chi connectivity index (χ0v) is 10.0. The average molecular weight is 220 g/mol. The molecule has 2 rings (SSSR count). The molecule has 0 bridgehead atoms. The molecule has 0 aromatic heterocycles. The molecule has 1 heterocycles. The van der Waals surface area contributed by atoms with Gasteiger partial charge < -0.3 is 4.90 Å². The Labute approximate surface area is 97.4 Å². The van der Waals surface area contributed by atoms with Gasteiger partial charge in [-0.1, -0.05) is 13.3 Å². The topological polar surface area (TPSA) is 44.1 Å². The first-order valence-corrected chi connectivity index (χ1v) is 6.34. The van der Waals surface area contributed by atoms with E-state index in [1.54, 1.807) is 0 Å². The van der Waals surface area contributed by atoms with Crippen LogP contribution in [-0.2, 0) is 4.79 Å². The molecule has 1 saturated heterocycles. The van der Waals surface area contributed by atoms with Gasteiger partial charge in [0.05, 0.1) is 6.07 Å². The molecular formula is C13H20N2O. The third kappa shape index (κ3) is 2.37. The van der Waals surface area contributed by atoms with Crippen molar-refractivity contribution in [1.82, 2.24) is 4.90 Å². The number of carbonyl (C=O) groups excluding carboxylic acids is 1. The van der Waals surface area contributed by atoms with Crippen LogP contribution in [0.4, 0.5) is 0 Å². The summed E-state index contributed by atoms with van der Waals surface area (Å²) in [4.78, 5) is 13.8. The summed E-state index contributed by atoms with van der Waals surface area (Å²) in [5.74, 6) is 0.873. The lowest BCUT2D eigenvalue weighted by atomic mass is 10.0. The summed E-state index contributed by atoms with van der Waals surface area (Å²) in [6.45, 7) is 3.94. The van der Waals surface area contributed by atoms with Gasteiger partial charge in [-0.3, -0.25) is 4.79 Å². The molecule has 0 aromatic rings. The van der Waals surface area contributed by atoms with E-state index >= 15 is 0 Å². The van der Waals surface area contributed by atoms with Crippen LogP contribution in [0.25, 0.3) is 0 Å². The second-order valence-electron chi connectivity index (χ2n) is 5.47. The molecule has 0 radical (unpaired) electrons. The Hall–Kier alpha value is -1.04. The molecule has 3 nitrogen and oxygen atoms in total. The van der Waals surface area contributed by atoms with Gasteiger partial charge in [-0.15, -0.1) is 0 Å². The highest BCUT2D eigenvalue weighted by Gasteiger charge is 2.46. The molecule has 3 heteroatoms. The zero-order valence-electron chi connectivity index (χ0n) is 10.0. The summed E-state index contributed by atoms with van der Waals surface area (Å²) < 4.78 is 0. The number of hydrogen-bond acceptors (Lipinski definition) is 2. The molecule has 0 N–H and O–H groups in total. The molecule has 2 aliphatic rings. The smallest absolute Gasteiger partial charge is 0.222 e. The molecule has 1 aliphatic heterocycles. The Morgan fingerprint density at radius 2 is 2.31 bits per heavy atom. The van der Waals surface area contributed by atoms with Gasteiger partial charge in [-0.25, -0.2) is 0 Å². The van der Waals surface area contributed by atoms with Gasteiger partial charge in [0.2, 0.25) is 5.91 Å². The molecule has 1 amide bonds. The summed E-state index contributed by atoms with van der Waals surface area (Å²) in [6.07, 6.45) is 5.93. The van der Waals surface area contributed by atoms with Crippen LogP contribution in [0.3, 0.4) is 0 Å². The number of hydrogen-bond donors (Lipinski definition) is 0. The van der Waals surface area contributed by atoms with Gasteiger partial charge in [-0.2, -0.15) is 5.26 Å². The maximum Gasteiger partial charge on any atom is 0.222 e. The highest BCUT2D eigenvalue weighted by atomic mass is 16.2. The van der Waals surface area contributed by atoms with Gasteiger partial charge >= 0.3 is 0 Å². The second-order valence-corrected chi connectivity index (χ2v) is 5.47. The van der Waals surface area contributed by atoms with Gasteiger partial charge in [-0.05, 0) is 25.2 Å². The maximum absolute atomic E-state index is 11.8. The Kier molecular flexibility index (Phi) is 3.18. The van der Waals surface area contributed by atoms with E-state index in [0.29, 0.717) is 18.2 Å². The van der Waals surface area contributed by atoms with Crippen molar-refractivity contribution < 1.29 is 4.79 Å². The maximum atomic E-state index is 11.8. The monoisotopic (exact) mass is 220 g/mol. The van der Waals surface area contributed by atoms with Gasteiger partial charge in [0.1, 0.15) is 0 Å². The van der Waals surface area contributed by atoms with E-state index < -0.39 is 0 Å². The summed E-state index contributed by atoms with van der Waals surface area (Å²) >= 11 is 0. The van der Waals surface area contributed by atoms with E-state index in [2.05, 4.69) is 13.0 Å². The minimum atomic E-state index is 0.172. The molecule has 0 aromatic carbocycles. The van der Waals surface area contributed by atoms with Gasteiger partial charge in [0.25, 0.3) is 0 Å². The first kappa shape index (κ1) is 11.4. The van der Waals surface area contributed by atoms with E-state index in [4.69, 9.17) is 5.26 Å². The first-order valence-electron chi connectivity index (χ1n) is 6.34. The predicted molar refractivity (Wildman–Crippen MR) is 61.5 cm³/mol. The van der Waals surface area contributed by atoms with Crippen LogP contribution in [0.15, 0.2) is 0 Å². The van der Waals surface area contributed by atoms with Crippen molar-refractivity contribution in [2.75, 3.05) is 13.1 Å². The molecule has 1 unspecified atom stereocenters. The van der Waals surface area contributed by atoms with Crippen LogP contribution in [-0.4, -0.2) is 23.9 Å². The fourth-order valence-corrected chi connectivity index (χ4v) is 2.75. The molecule has 16 heavy (non-hydrogen) atoms. The number of nitrogens with zero attached hydrogens (tertiary/aromatic N) is 2. The summed E-state index contributed by atoms with van der Waals surface area (Å²) in [7, 11) is 0. The van der Waals surface area contributed by atoms with Crippen molar-refractivity contribution >= 4 is 5.91 Å². The molecule has 88 valence electrons. The normalized spacial score (nSPS) is 26.9. The highest BCUT2D eigenvalue weighted by molar-refractivity contribution is 5.78. The molecule has 1 atom stereocenters. The van der Waals surface area contributed by atoms with E-state index in [0.717, 1.165) is 45.2 Å². The minimum absolute atomic E-state index is 0.172. The number of carbonyl (C=O) groups is 1. The Bertz CT molecular complexity index is 314. The van der Waals surface area contributed by atoms with E-state index in [9.17, 15) is 4.79 Å². The van der Waals surface area contributed by atoms with Crippen molar-refractivity contribution in [3.8, 4) is 6.07 Å². The summed E-state index contributed by atoms with van der Waals surface area (Å²) in [6, 6.07) is 2.26. The lowest BCUT2D eigenvalue weighted by Gasteiger charge is -2.22. The first-order chi connectivity index (χ1) is 7.69. The number of nitriles is 1. The number of amides is 1.